The Balaban J connectivity index is 2.19. The summed E-state index contributed by atoms with van der Waals surface area (Å²) in [6.45, 7) is 2.12. The zero-order valence-electron chi connectivity index (χ0n) is 10.6. The van der Waals surface area contributed by atoms with Crippen molar-refractivity contribution in [2.45, 2.75) is 25.8 Å². The van der Waals surface area contributed by atoms with Crippen molar-refractivity contribution < 1.29 is 4.42 Å². The molecule has 17 heavy (non-hydrogen) atoms. The van der Waals surface area contributed by atoms with Gasteiger partial charge in [0.15, 0.2) is 0 Å². The number of hydrogen-bond acceptors (Lipinski definition) is 3. The van der Waals surface area contributed by atoms with E-state index in [1.54, 1.807) is 6.26 Å². The summed E-state index contributed by atoms with van der Waals surface area (Å²) < 4.78 is 7.34. The van der Waals surface area contributed by atoms with E-state index >= 15 is 0 Å². The van der Waals surface area contributed by atoms with Gasteiger partial charge in [0.1, 0.15) is 5.76 Å². The van der Waals surface area contributed by atoms with E-state index < -0.39 is 0 Å². The maximum absolute atomic E-state index is 5.39. The summed E-state index contributed by atoms with van der Waals surface area (Å²) in [5, 5.41) is 7.79. The second kappa shape index (κ2) is 5.19. The van der Waals surface area contributed by atoms with Crippen molar-refractivity contribution in [1.29, 1.82) is 0 Å². The molecule has 1 unspecified atom stereocenters. The number of aryl methyl sites for hydroxylation is 2. The van der Waals surface area contributed by atoms with E-state index in [1.165, 1.54) is 5.69 Å². The van der Waals surface area contributed by atoms with Crippen molar-refractivity contribution in [2.75, 3.05) is 7.05 Å². The molecular formula is C13H19N3O. The summed E-state index contributed by atoms with van der Waals surface area (Å²) in [5.74, 6) is 0.989. The molecule has 0 spiro atoms. The Morgan fingerprint density at radius 2 is 2.35 bits per heavy atom. The Bertz CT molecular complexity index is 459. The van der Waals surface area contributed by atoms with Crippen LogP contribution in [0.5, 0.6) is 0 Å². The molecule has 0 fully saturated rings. The Morgan fingerprint density at radius 1 is 1.53 bits per heavy atom. The van der Waals surface area contributed by atoms with Gasteiger partial charge < -0.3 is 9.73 Å². The number of nitrogens with zero attached hydrogens (tertiary/aromatic N) is 2. The van der Waals surface area contributed by atoms with Gasteiger partial charge in [-0.15, -0.1) is 0 Å². The van der Waals surface area contributed by atoms with Crippen LogP contribution >= 0.6 is 0 Å². The van der Waals surface area contributed by atoms with Crippen molar-refractivity contribution in [3.05, 3.63) is 41.6 Å². The summed E-state index contributed by atoms with van der Waals surface area (Å²) in [7, 11) is 3.95. The molecule has 0 saturated carbocycles. The van der Waals surface area contributed by atoms with Crippen LogP contribution in [0.25, 0.3) is 0 Å². The molecule has 2 aromatic rings. The molecule has 0 radical (unpaired) electrons. The van der Waals surface area contributed by atoms with Crippen LogP contribution in [0.3, 0.4) is 0 Å². The van der Waals surface area contributed by atoms with Crippen LogP contribution in [0.4, 0.5) is 0 Å². The van der Waals surface area contributed by atoms with Crippen LogP contribution in [0.15, 0.2) is 28.9 Å². The number of likely N-dealkylation sites (N-methyl/N-ethyl adjacent to an activating group) is 1. The number of furan rings is 1. The quantitative estimate of drug-likeness (QED) is 0.859. The van der Waals surface area contributed by atoms with Gasteiger partial charge >= 0.3 is 0 Å². The van der Waals surface area contributed by atoms with E-state index in [-0.39, 0.29) is 6.04 Å². The van der Waals surface area contributed by atoms with E-state index in [0.29, 0.717) is 0 Å². The highest BCUT2D eigenvalue weighted by molar-refractivity contribution is 5.16. The molecule has 2 heterocycles. The average Bonchev–Trinajstić information content (AvgIpc) is 2.95. The Hall–Kier alpha value is -1.55. The first-order chi connectivity index (χ1) is 8.24. The largest absolute Gasteiger partial charge is 0.469 e. The molecule has 0 aliphatic heterocycles. The van der Waals surface area contributed by atoms with Crippen molar-refractivity contribution in [3.63, 3.8) is 0 Å². The lowest BCUT2D eigenvalue weighted by Crippen LogP contribution is -2.21. The maximum Gasteiger partial charge on any atom is 0.105 e. The second-order valence-electron chi connectivity index (χ2n) is 4.16. The monoisotopic (exact) mass is 233 g/mol. The Morgan fingerprint density at radius 3 is 2.88 bits per heavy atom. The third kappa shape index (κ3) is 2.58. The summed E-state index contributed by atoms with van der Waals surface area (Å²) in [6, 6.07) is 6.31. The van der Waals surface area contributed by atoms with E-state index in [9.17, 15) is 0 Å². The fourth-order valence-electron chi connectivity index (χ4n) is 2.03. The lowest BCUT2D eigenvalue weighted by molar-refractivity contribution is 0.452. The fraction of sp³-hybridized carbons (Fsp3) is 0.462. The molecule has 92 valence electrons. The standard InChI is InChI=1S/C13H19N3O/c1-4-10-8-13(16(3)15-10)12(14-2)9-11-6-5-7-17-11/h5-8,12,14H,4,9H2,1-3H3. The predicted octanol–water partition coefficient (Wildman–Crippen LogP) is 2.08. The predicted molar refractivity (Wildman–Crippen MR) is 66.8 cm³/mol. The number of nitrogens with one attached hydrogen (secondary N) is 1. The molecule has 0 amide bonds. The van der Waals surface area contributed by atoms with E-state index in [0.717, 1.165) is 24.3 Å². The lowest BCUT2D eigenvalue weighted by atomic mass is 10.1. The summed E-state index contributed by atoms with van der Waals surface area (Å²) >= 11 is 0. The molecule has 0 aliphatic rings. The first-order valence-corrected chi connectivity index (χ1v) is 5.97. The number of rotatable bonds is 5. The van der Waals surface area contributed by atoms with E-state index in [2.05, 4.69) is 23.4 Å². The van der Waals surface area contributed by atoms with Gasteiger partial charge in [0.2, 0.25) is 0 Å². The van der Waals surface area contributed by atoms with Gasteiger partial charge in [-0.05, 0) is 31.7 Å². The second-order valence-corrected chi connectivity index (χ2v) is 4.16. The van der Waals surface area contributed by atoms with Gasteiger partial charge in [-0.1, -0.05) is 6.92 Å². The normalized spacial score (nSPS) is 12.9. The van der Waals surface area contributed by atoms with Gasteiger partial charge in [-0.25, -0.2) is 0 Å². The van der Waals surface area contributed by atoms with Gasteiger partial charge in [-0.3, -0.25) is 4.68 Å². The first kappa shape index (κ1) is 11.9. The van der Waals surface area contributed by atoms with Crippen LogP contribution in [-0.2, 0) is 19.9 Å². The fourth-order valence-corrected chi connectivity index (χ4v) is 2.03. The Labute approximate surface area is 102 Å². The minimum atomic E-state index is 0.235. The minimum absolute atomic E-state index is 0.235. The summed E-state index contributed by atoms with van der Waals surface area (Å²) in [5.41, 5.74) is 2.32. The molecule has 4 nitrogen and oxygen atoms in total. The van der Waals surface area contributed by atoms with Gasteiger partial charge in [-0.2, -0.15) is 5.10 Å². The third-order valence-corrected chi connectivity index (χ3v) is 3.02. The summed E-state index contributed by atoms with van der Waals surface area (Å²) in [6.07, 6.45) is 3.51. The minimum Gasteiger partial charge on any atom is -0.469 e. The smallest absolute Gasteiger partial charge is 0.105 e. The van der Waals surface area contributed by atoms with Gasteiger partial charge in [0.25, 0.3) is 0 Å². The topological polar surface area (TPSA) is 43.0 Å². The molecule has 1 N–H and O–H groups in total. The van der Waals surface area contributed by atoms with Gasteiger partial charge in [0, 0.05) is 13.5 Å². The van der Waals surface area contributed by atoms with Crippen LogP contribution < -0.4 is 5.32 Å². The number of hydrogen-bond donors (Lipinski definition) is 1. The average molecular weight is 233 g/mol. The van der Waals surface area contributed by atoms with Crippen molar-refractivity contribution >= 4 is 0 Å². The maximum atomic E-state index is 5.39. The zero-order chi connectivity index (χ0) is 12.3. The van der Waals surface area contributed by atoms with Crippen LogP contribution in [0.2, 0.25) is 0 Å². The molecule has 4 heteroatoms. The first-order valence-electron chi connectivity index (χ1n) is 5.97. The van der Waals surface area contributed by atoms with Crippen LogP contribution in [0, 0.1) is 0 Å². The van der Waals surface area contributed by atoms with E-state index in [1.807, 2.05) is 30.9 Å². The molecule has 0 aromatic carbocycles. The van der Waals surface area contributed by atoms with Crippen LogP contribution in [0.1, 0.15) is 30.1 Å². The molecule has 2 rings (SSSR count). The van der Waals surface area contributed by atoms with Crippen LogP contribution in [-0.4, -0.2) is 16.8 Å². The van der Waals surface area contributed by atoms with Crippen molar-refractivity contribution in [2.24, 2.45) is 7.05 Å². The van der Waals surface area contributed by atoms with Crippen molar-refractivity contribution in [3.8, 4) is 0 Å². The molecule has 0 bridgehead atoms. The highest BCUT2D eigenvalue weighted by atomic mass is 16.3. The molecule has 0 aliphatic carbocycles. The Kier molecular flexibility index (Phi) is 3.64. The third-order valence-electron chi connectivity index (χ3n) is 3.02. The highest BCUT2D eigenvalue weighted by Crippen LogP contribution is 2.19. The lowest BCUT2D eigenvalue weighted by Gasteiger charge is -2.14. The SMILES string of the molecule is CCc1cc(C(Cc2ccco2)NC)n(C)n1. The highest BCUT2D eigenvalue weighted by Gasteiger charge is 2.16. The molecular weight excluding hydrogens is 214 g/mol. The molecule has 2 aromatic heterocycles. The molecule has 1 atom stereocenters. The zero-order valence-corrected chi connectivity index (χ0v) is 10.6. The number of aromatic nitrogens is 2. The van der Waals surface area contributed by atoms with Gasteiger partial charge in [0.05, 0.1) is 23.7 Å². The molecule has 0 saturated heterocycles. The van der Waals surface area contributed by atoms with Crippen molar-refractivity contribution in [1.82, 2.24) is 15.1 Å². The summed E-state index contributed by atoms with van der Waals surface area (Å²) in [4.78, 5) is 0. The van der Waals surface area contributed by atoms with E-state index in [4.69, 9.17) is 4.42 Å².